The van der Waals surface area contributed by atoms with Crippen LogP contribution in [0, 0.1) is 16.0 Å². The summed E-state index contributed by atoms with van der Waals surface area (Å²) in [6.07, 6.45) is 0.955. The first kappa shape index (κ1) is 14.3. The van der Waals surface area contributed by atoms with E-state index >= 15 is 0 Å². The van der Waals surface area contributed by atoms with E-state index in [0.717, 1.165) is 13.0 Å². The average molecular weight is 279 g/mol. The number of rotatable bonds is 5. The smallest absolute Gasteiger partial charge is 0.293 e. The van der Waals surface area contributed by atoms with Gasteiger partial charge in [0, 0.05) is 37.7 Å². The van der Waals surface area contributed by atoms with E-state index in [4.69, 9.17) is 4.74 Å². The third-order valence-corrected chi connectivity index (χ3v) is 3.29. The van der Waals surface area contributed by atoms with Crippen LogP contribution in [0.3, 0.4) is 0 Å². The monoisotopic (exact) mass is 279 g/mol. The molecule has 2 rings (SSSR count). The van der Waals surface area contributed by atoms with Crippen molar-refractivity contribution in [2.75, 3.05) is 32.1 Å². The molecule has 20 heavy (non-hydrogen) atoms. The number of anilines is 1. The van der Waals surface area contributed by atoms with Gasteiger partial charge in [0.1, 0.15) is 5.69 Å². The fraction of sp³-hybridized carbons (Fsp3) is 0.462. The first-order chi connectivity index (χ1) is 9.61. The van der Waals surface area contributed by atoms with E-state index in [-0.39, 0.29) is 17.2 Å². The lowest BCUT2D eigenvalue weighted by Gasteiger charge is -2.11. The van der Waals surface area contributed by atoms with Crippen molar-refractivity contribution >= 4 is 17.3 Å². The van der Waals surface area contributed by atoms with Crippen molar-refractivity contribution in [3.8, 4) is 0 Å². The minimum absolute atomic E-state index is 0.0926. The van der Waals surface area contributed by atoms with Crippen molar-refractivity contribution in [3.63, 3.8) is 0 Å². The van der Waals surface area contributed by atoms with Crippen LogP contribution in [-0.2, 0) is 4.74 Å². The van der Waals surface area contributed by atoms with Gasteiger partial charge in [0.25, 0.3) is 11.6 Å². The molecule has 1 aromatic rings. The summed E-state index contributed by atoms with van der Waals surface area (Å²) in [4.78, 5) is 22.1. The van der Waals surface area contributed by atoms with Gasteiger partial charge in [0.15, 0.2) is 0 Å². The standard InChI is InChI=1S/C13H17N3O4/c1-14-13(17)10-2-3-11(12(6-10)16(18)19)15-7-9-4-5-20-8-9/h2-3,6,9,15H,4-5,7-8H2,1H3,(H,14,17). The van der Waals surface area contributed by atoms with Gasteiger partial charge in [-0.1, -0.05) is 0 Å². The molecule has 1 saturated heterocycles. The van der Waals surface area contributed by atoms with Crippen molar-refractivity contribution in [1.29, 1.82) is 0 Å². The van der Waals surface area contributed by atoms with Crippen molar-refractivity contribution in [2.24, 2.45) is 5.92 Å². The number of nitro groups is 1. The topological polar surface area (TPSA) is 93.5 Å². The Bertz CT molecular complexity index is 512. The van der Waals surface area contributed by atoms with Gasteiger partial charge in [-0.2, -0.15) is 0 Å². The van der Waals surface area contributed by atoms with Crippen molar-refractivity contribution < 1.29 is 14.5 Å². The maximum absolute atomic E-state index is 11.5. The Morgan fingerprint density at radius 2 is 2.35 bits per heavy atom. The van der Waals surface area contributed by atoms with Crippen LogP contribution in [-0.4, -0.2) is 37.6 Å². The molecule has 108 valence electrons. The van der Waals surface area contributed by atoms with Crippen molar-refractivity contribution in [1.82, 2.24) is 5.32 Å². The Labute approximate surface area is 116 Å². The molecule has 0 spiro atoms. The normalized spacial score (nSPS) is 17.8. The van der Waals surface area contributed by atoms with E-state index in [9.17, 15) is 14.9 Å². The molecular weight excluding hydrogens is 262 g/mol. The molecule has 0 aliphatic carbocycles. The molecule has 2 N–H and O–H groups in total. The van der Waals surface area contributed by atoms with Gasteiger partial charge in [-0.3, -0.25) is 14.9 Å². The summed E-state index contributed by atoms with van der Waals surface area (Å²) in [5.74, 6) is 0.0251. The van der Waals surface area contributed by atoms with Gasteiger partial charge in [-0.15, -0.1) is 0 Å². The highest BCUT2D eigenvalue weighted by Gasteiger charge is 2.20. The first-order valence-corrected chi connectivity index (χ1v) is 6.44. The second kappa shape index (κ2) is 6.33. The van der Waals surface area contributed by atoms with Crippen LogP contribution < -0.4 is 10.6 Å². The van der Waals surface area contributed by atoms with E-state index in [1.807, 2.05) is 0 Å². The Balaban J connectivity index is 2.14. The minimum Gasteiger partial charge on any atom is -0.381 e. The molecule has 1 atom stereocenters. The number of nitrogens with one attached hydrogen (secondary N) is 2. The number of hydrogen-bond donors (Lipinski definition) is 2. The zero-order valence-electron chi connectivity index (χ0n) is 11.2. The van der Waals surface area contributed by atoms with Gasteiger partial charge >= 0.3 is 0 Å². The van der Waals surface area contributed by atoms with Crippen molar-refractivity contribution in [3.05, 3.63) is 33.9 Å². The molecule has 7 nitrogen and oxygen atoms in total. The predicted octanol–water partition coefficient (Wildman–Crippen LogP) is 1.40. The fourth-order valence-corrected chi connectivity index (χ4v) is 2.12. The van der Waals surface area contributed by atoms with E-state index in [1.165, 1.54) is 13.1 Å². The maximum Gasteiger partial charge on any atom is 0.293 e. The third-order valence-electron chi connectivity index (χ3n) is 3.29. The van der Waals surface area contributed by atoms with Crippen LogP contribution in [0.25, 0.3) is 0 Å². The Morgan fingerprint density at radius 1 is 1.55 bits per heavy atom. The fourth-order valence-electron chi connectivity index (χ4n) is 2.12. The largest absolute Gasteiger partial charge is 0.381 e. The second-order valence-electron chi connectivity index (χ2n) is 4.68. The SMILES string of the molecule is CNC(=O)c1ccc(NCC2CCOC2)c([N+](=O)[O-])c1. The Hall–Kier alpha value is -2.15. The zero-order chi connectivity index (χ0) is 14.5. The lowest BCUT2D eigenvalue weighted by atomic mass is 10.1. The number of nitrogens with zero attached hydrogens (tertiary/aromatic N) is 1. The van der Waals surface area contributed by atoms with Gasteiger partial charge in [0.2, 0.25) is 0 Å². The number of nitro benzene ring substituents is 1. The molecule has 1 aliphatic heterocycles. The molecule has 1 amide bonds. The summed E-state index contributed by atoms with van der Waals surface area (Å²) < 4.78 is 5.26. The van der Waals surface area contributed by atoms with Crippen LogP contribution in [0.2, 0.25) is 0 Å². The summed E-state index contributed by atoms with van der Waals surface area (Å²) in [7, 11) is 1.49. The third kappa shape index (κ3) is 3.24. The van der Waals surface area contributed by atoms with Crippen LogP contribution in [0.5, 0.6) is 0 Å². The Morgan fingerprint density at radius 3 is 2.95 bits per heavy atom. The first-order valence-electron chi connectivity index (χ1n) is 6.44. The van der Waals surface area contributed by atoms with E-state index in [1.54, 1.807) is 12.1 Å². The number of hydrogen-bond acceptors (Lipinski definition) is 5. The highest BCUT2D eigenvalue weighted by atomic mass is 16.6. The average Bonchev–Trinajstić information content (AvgIpc) is 2.97. The van der Waals surface area contributed by atoms with Crippen LogP contribution in [0.15, 0.2) is 18.2 Å². The van der Waals surface area contributed by atoms with Crippen LogP contribution in [0.1, 0.15) is 16.8 Å². The number of benzene rings is 1. The van der Waals surface area contributed by atoms with E-state index in [0.29, 0.717) is 24.8 Å². The summed E-state index contributed by atoms with van der Waals surface area (Å²) >= 11 is 0. The van der Waals surface area contributed by atoms with Gasteiger partial charge in [0.05, 0.1) is 11.5 Å². The zero-order valence-corrected chi connectivity index (χ0v) is 11.2. The van der Waals surface area contributed by atoms with Gasteiger partial charge < -0.3 is 15.4 Å². The van der Waals surface area contributed by atoms with Crippen LogP contribution in [0.4, 0.5) is 11.4 Å². The molecule has 1 unspecified atom stereocenters. The van der Waals surface area contributed by atoms with Crippen LogP contribution >= 0.6 is 0 Å². The molecular formula is C13H17N3O4. The number of carbonyl (C=O) groups excluding carboxylic acids is 1. The van der Waals surface area contributed by atoms with E-state index < -0.39 is 4.92 Å². The molecule has 7 heteroatoms. The summed E-state index contributed by atoms with van der Waals surface area (Å²) in [5.41, 5.74) is 0.605. The predicted molar refractivity (Wildman–Crippen MR) is 73.9 cm³/mol. The maximum atomic E-state index is 11.5. The quantitative estimate of drug-likeness (QED) is 0.627. The molecule has 1 aliphatic rings. The van der Waals surface area contributed by atoms with Gasteiger partial charge in [-0.05, 0) is 18.6 Å². The lowest BCUT2D eigenvalue weighted by Crippen LogP contribution is -2.18. The molecule has 0 aromatic heterocycles. The molecule has 0 saturated carbocycles. The Kier molecular flexibility index (Phi) is 4.52. The molecule has 0 bridgehead atoms. The summed E-state index contributed by atoms with van der Waals surface area (Å²) in [6.45, 7) is 2.04. The number of amides is 1. The minimum atomic E-state index is -0.486. The lowest BCUT2D eigenvalue weighted by molar-refractivity contribution is -0.384. The molecule has 1 fully saturated rings. The summed E-state index contributed by atoms with van der Waals surface area (Å²) in [5, 5.41) is 16.6. The second-order valence-corrected chi connectivity index (χ2v) is 4.68. The number of carbonyl (C=O) groups is 1. The molecule has 0 radical (unpaired) electrons. The van der Waals surface area contributed by atoms with Gasteiger partial charge in [-0.25, -0.2) is 0 Å². The van der Waals surface area contributed by atoms with Crippen molar-refractivity contribution in [2.45, 2.75) is 6.42 Å². The van der Waals surface area contributed by atoms with E-state index in [2.05, 4.69) is 10.6 Å². The highest BCUT2D eigenvalue weighted by Crippen LogP contribution is 2.26. The molecule has 1 heterocycles. The highest BCUT2D eigenvalue weighted by molar-refractivity contribution is 5.95. The molecule has 1 aromatic carbocycles. The summed E-state index contributed by atoms with van der Waals surface area (Å²) in [6, 6.07) is 4.42. The number of ether oxygens (including phenoxy) is 1.